The van der Waals surface area contributed by atoms with Crippen molar-refractivity contribution in [1.29, 1.82) is 0 Å². The molecule has 23 heavy (non-hydrogen) atoms. The van der Waals surface area contributed by atoms with Crippen molar-refractivity contribution in [2.75, 3.05) is 12.8 Å². The highest BCUT2D eigenvalue weighted by molar-refractivity contribution is 7.47. The van der Waals surface area contributed by atoms with E-state index in [4.69, 9.17) is 15.0 Å². The summed E-state index contributed by atoms with van der Waals surface area (Å²) in [6.07, 6.45) is 2.55. The molecule has 126 valence electrons. The number of hydrogen-bond donors (Lipinski definition) is 2. The summed E-state index contributed by atoms with van der Waals surface area (Å²) in [7, 11) is -2.96. The highest BCUT2D eigenvalue weighted by atomic mass is 31.2. The Morgan fingerprint density at radius 3 is 3.00 bits per heavy atom. The Bertz CT molecular complexity index is 753. The Balaban J connectivity index is 1.86. The third-order valence-corrected chi connectivity index (χ3v) is 4.78. The number of phosphoric acid groups is 1. The Morgan fingerprint density at radius 2 is 2.30 bits per heavy atom. The zero-order valence-electron chi connectivity index (χ0n) is 12.7. The van der Waals surface area contributed by atoms with Crippen molar-refractivity contribution in [3.8, 4) is 0 Å². The second kappa shape index (κ2) is 6.14. The first-order valence-corrected chi connectivity index (χ1v) is 8.60. The normalized spacial score (nSPS) is 27.3. The van der Waals surface area contributed by atoms with Gasteiger partial charge in [-0.15, -0.1) is 0 Å². The number of anilines is 1. The predicted molar refractivity (Wildman–Crippen MR) is 80.3 cm³/mol. The van der Waals surface area contributed by atoms with Crippen LogP contribution in [0.25, 0.3) is 11.2 Å². The molecule has 0 aromatic carbocycles. The van der Waals surface area contributed by atoms with Crippen molar-refractivity contribution in [1.82, 2.24) is 19.5 Å². The van der Waals surface area contributed by atoms with Gasteiger partial charge < -0.3 is 15.4 Å². The van der Waals surface area contributed by atoms with Crippen LogP contribution in [0.4, 0.5) is 5.82 Å². The highest BCUT2D eigenvalue weighted by Gasteiger charge is 2.40. The van der Waals surface area contributed by atoms with Gasteiger partial charge in [0.25, 0.3) is 0 Å². The second-order valence-corrected chi connectivity index (χ2v) is 6.66. The lowest BCUT2D eigenvalue weighted by molar-refractivity contribution is -0.0189. The number of phosphoric ester groups is 1. The summed E-state index contributed by atoms with van der Waals surface area (Å²) in [5.74, 6) is 0.283. The van der Waals surface area contributed by atoms with Crippen LogP contribution in [0.3, 0.4) is 0 Å². The van der Waals surface area contributed by atoms with Crippen molar-refractivity contribution in [3.05, 3.63) is 12.7 Å². The molecule has 0 amide bonds. The van der Waals surface area contributed by atoms with Crippen molar-refractivity contribution in [2.45, 2.75) is 38.2 Å². The van der Waals surface area contributed by atoms with Crippen LogP contribution in [-0.4, -0.2) is 43.7 Å². The van der Waals surface area contributed by atoms with Gasteiger partial charge in [0.1, 0.15) is 18.1 Å². The van der Waals surface area contributed by atoms with E-state index >= 15 is 0 Å². The van der Waals surface area contributed by atoms with Crippen LogP contribution in [-0.2, 0) is 18.3 Å². The minimum absolute atomic E-state index is 0.283. The number of imidazole rings is 1. The number of hydrogen-bond acceptors (Lipinski definition) is 8. The molecule has 11 heteroatoms. The first-order valence-electron chi connectivity index (χ1n) is 7.10. The molecule has 3 rings (SSSR count). The van der Waals surface area contributed by atoms with Gasteiger partial charge in [0.2, 0.25) is 0 Å². The minimum Gasteiger partial charge on any atom is -0.382 e. The Labute approximate surface area is 132 Å². The van der Waals surface area contributed by atoms with Crippen molar-refractivity contribution < 1.29 is 23.2 Å². The maximum absolute atomic E-state index is 11.6. The molecule has 1 fully saturated rings. The van der Waals surface area contributed by atoms with Crippen molar-refractivity contribution in [2.24, 2.45) is 0 Å². The molecular formula is C12H18N5O5P. The van der Waals surface area contributed by atoms with E-state index in [0.29, 0.717) is 24.0 Å². The van der Waals surface area contributed by atoms with Crippen LogP contribution < -0.4 is 5.73 Å². The molecule has 0 bridgehead atoms. The molecular weight excluding hydrogens is 325 g/mol. The van der Waals surface area contributed by atoms with Gasteiger partial charge in [-0.05, 0) is 6.42 Å². The number of fused-ring (bicyclic) bond motifs is 1. The summed E-state index contributed by atoms with van der Waals surface area (Å²) in [4.78, 5) is 21.8. The zero-order valence-corrected chi connectivity index (χ0v) is 13.6. The van der Waals surface area contributed by atoms with E-state index in [2.05, 4.69) is 19.5 Å². The van der Waals surface area contributed by atoms with Gasteiger partial charge in [-0.3, -0.25) is 13.6 Å². The third-order valence-electron chi connectivity index (χ3n) is 3.78. The number of nitrogens with two attached hydrogens (primary N) is 1. The molecule has 0 spiro atoms. The molecule has 1 aliphatic heterocycles. The Hall–Kier alpha value is -1.58. The number of rotatable bonds is 5. The van der Waals surface area contributed by atoms with E-state index in [1.54, 1.807) is 10.9 Å². The largest absolute Gasteiger partial charge is 0.472 e. The van der Waals surface area contributed by atoms with E-state index < -0.39 is 20.2 Å². The second-order valence-electron chi connectivity index (χ2n) is 5.15. The maximum atomic E-state index is 11.6. The molecule has 1 aliphatic rings. The summed E-state index contributed by atoms with van der Waals surface area (Å²) in [5, 5.41) is 0. The van der Waals surface area contributed by atoms with Crippen LogP contribution in [0.5, 0.6) is 0 Å². The Kier molecular flexibility index (Phi) is 4.35. The first kappa shape index (κ1) is 16.3. The average Bonchev–Trinajstić information content (AvgIpc) is 3.11. The zero-order chi connectivity index (χ0) is 16.6. The van der Waals surface area contributed by atoms with E-state index in [1.807, 2.05) is 6.92 Å². The number of nitrogen functional groups attached to an aromatic ring is 1. The number of aromatic nitrogens is 4. The molecule has 2 aromatic rings. The molecule has 2 aromatic heterocycles. The summed E-state index contributed by atoms with van der Waals surface area (Å²) in [6, 6.07) is 0. The van der Waals surface area contributed by atoms with E-state index in [0.717, 1.165) is 7.11 Å². The summed E-state index contributed by atoms with van der Waals surface area (Å²) >= 11 is 0. The molecule has 3 N–H and O–H groups in total. The van der Waals surface area contributed by atoms with Gasteiger partial charge >= 0.3 is 7.82 Å². The molecule has 10 nitrogen and oxygen atoms in total. The van der Waals surface area contributed by atoms with Crippen molar-refractivity contribution in [3.63, 3.8) is 0 Å². The minimum atomic E-state index is -4.08. The number of nitrogens with zero attached hydrogens (tertiary/aromatic N) is 4. The van der Waals surface area contributed by atoms with E-state index in [1.165, 1.54) is 6.33 Å². The topological polar surface area (TPSA) is 135 Å². The fraction of sp³-hybridized carbons (Fsp3) is 0.583. The van der Waals surface area contributed by atoms with Crippen LogP contribution in [0.1, 0.15) is 26.0 Å². The molecule has 1 unspecified atom stereocenters. The lowest BCUT2D eigenvalue weighted by Gasteiger charge is -2.18. The summed E-state index contributed by atoms with van der Waals surface area (Å²) < 4.78 is 29.0. The van der Waals surface area contributed by atoms with Gasteiger partial charge in [-0.25, -0.2) is 19.5 Å². The summed E-state index contributed by atoms with van der Waals surface area (Å²) in [6.45, 7) is 1.91. The third kappa shape index (κ3) is 3.08. The van der Waals surface area contributed by atoms with Crippen LogP contribution >= 0.6 is 7.82 Å². The highest BCUT2D eigenvalue weighted by Crippen LogP contribution is 2.48. The van der Waals surface area contributed by atoms with Gasteiger partial charge in [-0.2, -0.15) is 0 Å². The number of ether oxygens (including phenoxy) is 1. The quantitative estimate of drug-likeness (QED) is 0.768. The lowest BCUT2D eigenvalue weighted by atomic mass is 10.1. The standard InChI is InChI=1S/C12H18N5O5P/c1-3-7-8(22-23(18,19)20-2)4-9(21-7)17-6-16-10-11(13)14-5-15-12(10)17/h5-9H,3-4H2,1-2H3,(H,18,19)(H2,13,14,15)/t7-,8-,9-/m1/s1. The first-order chi connectivity index (χ1) is 10.9. The molecule has 4 atom stereocenters. The average molecular weight is 343 g/mol. The van der Waals surface area contributed by atoms with Gasteiger partial charge in [0.15, 0.2) is 11.5 Å². The molecule has 3 heterocycles. The van der Waals surface area contributed by atoms with Crippen molar-refractivity contribution >= 4 is 24.8 Å². The molecule has 0 radical (unpaired) electrons. The fourth-order valence-corrected chi connectivity index (χ4v) is 3.29. The van der Waals surface area contributed by atoms with Gasteiger partial charge in [-0.1, -0.05) is 6.92 Å². The lowest BCUT2D eigenvalue weighted by Crippen LogP contribution is -2.22. The summed E-state index contributed by atoms with van der Waals surface area (Å²) in [5.41, 5.74) is 6.79. The Morgan fingerprint density at radius 1 is 1.52 bits per heavy atom. The smallest absolute Gasteiger partial charge is 0.382 e. The van der Waals surface area contributed by atoms with E-state index in [9.17, 15) is 9.46 Å². The van der Waals surface area contributed by atoms with Crippen LogP contribution in [0.2, 0.25) is 0 Å². The predicted octanol–water partition coefficient (Wildman–Crippen LogP) is 1.24. The molecule has 1 saturated heterocycles. The molecule has 0 saturated carbocycles. The van der Waals surface area contributed by atoms with E-state index in [-0.39, 0.29) is 11.9 Å². The molecule has 0 aliphatic carbocycles. The van der Waals surface area contributed by atoms with Gasteiger partial charge in [0, 0.05) is 13.5 Å². The SMILES string of the molecule is CC[C@H]1O[C@@H](n2cnc3c(N)ncnc32)C[C@H]1OP(=O)(O)OC. The fourth-order valence-electron chi connectivity index (χ4n) is 2.64. The maximum Gasteiger partial charge on any atom is 0.472 e. The van der Waals surface area contributed by atoms with Gasteiger partial charge in [0.05, 0.1) is 18.5 Å². The van der Waals surface area contributed by atoms with Crippen LogP contribution in [0, 0.1) is 0 Å². The van der Waals surface area contributed by atoms with Crippen LogP contribution in [0.15, 0.2) is 12.7 Å². The monoisotopic (exact) mass is 343 g/mol.